The van der Waals surface area contributed by atoms with Gasteiger partial charge in [0, 0.05) is 17.4 Å². The molecule has 5 nitrogen and oxygen atoms in total. The van der Waals surface area contributed by atoms with Crippen LogP contribution in [0.4, 0.5) is 5.69 Å². The summed E-state index contributed by atoms with van der Waals surface area (Å²) in [7, 11) is 0. The van der Waals surface area contributed by atoms with Crippen molar-refractivity contribution < 1.29 is 14.4 Å². The van der Waals surface area contributed by atoms with Gasteiger partial charge < -0.3 is 5.32 Å². The van der Waals surface area contributed by atoms with Crippen LogP contribution in [0.3, 0.4) is 0 Å². The molecule has 1 N–H and O–H groups in total. The second-order valence-corrected chi connectivity index (χ2v) is 7.12. The monoisotopic (exact) mass is 390 g/mol. The van der Waals surface area contributed by atoms with Crippen molar-refractivity contribution in [3.8, 4) is 0 Å². The summed E-state index contributed by atoms with van der Waals surface area (Å²) in [5.74, 6) is -0.973. The fourth-order valence-corrected chi connectivity index (χ4v) is 3.83. The Labute approximate surface area is 149 Å². The van der Waals surface area contributed by atoms with Gasteiger partial charge in [0.25, 0.3) is 0 Å². The Balaban J connectivity index is 1.58. The third kappa shape index (κ3) is 3.29. The Bertz CT molecular complexity index is 703. The maximum atomic E-state index is 12.3. The quantitative estimate of drug-likeness (QED) is 0.634. The predicted octanol–water partition coefficient (Wildman–Crippen LogP) is 3.04. The first kappa shape index (κ1) is 16.9. The zero-order valence-electron chi connectivity index (χ0n) is 13.4. The summed E-state index contributed by atoms with van der Waals surface area (Å²) in [5.41, 5.74) is 1.77. The summed E-state index contributed by atoms with van der Waals surface area (Å²) in [6.45, 7) is 2.11. The molecule has 0 saturated carbocycles. The zero-order chi connectivity index (χ0) is 17.3. The minimum absolute atomic E-state index is 0.102. The molecule has 1 heterocycles. The average Bonchev–Trinajstić information content (AvgIpc) is 2.80. The summed E-state index contributed by atoms with van der Waals surface area (Å²) in [6.07, 6.45) is 5.25. The van der Waals surface area contributed by atoms with E-state index in [1.165, 1.54) is 4.90 Å². The maximum absolute atomic E-state index is 12.3. The van der Waals surface area contributed by atoms with Crippen LogP contribution in [0.15, 0.2) is 34.8 Å². The van der Waals surface area contributed by atoms with Crippen LogP contribution in [-0.4, -0.2) is 29.2 Å². The number of allylic oxidation sites excluding steroid dienone is 2. The lowest BCUT2D eigenvalue weighted by Crippen LogP contribution is -2.34. The van der Waals surface area contributed by atoms with E-state index in [0.717, 1.165) is 10.0 Å². The van der Waals surface area contributed by atoms with E-state index in [1.807, 2.05) is 37.3 Å². The molecular weight excluding hydrogens is 372 g/mol. The minimum atomic E-state index is -0.239. The van der Waals surface area contributed by atoms with Gasteiger partial charge in [-0.3, -0.25) is 19.3 Å². The Kier molecular flexibility index (Phi) is 4.85. The van der Waals surface area contributed by atoms with Crippen molar-refractivity contribution in [2.45, 2.75) is 26.2 Å². The highest BCUT2D eigenvalue weighted by Gasteiger charge is 2.46. The Morgan fingerprint density at radius 3 is 2.42 bits per heavy atom. The number of imide groups is 1. The van der Waals surface area contributed by atoms with Gasteiger partial charge in [0.1, 0.15) is 0 Å². The van der Waals surface area contributed by atoms with E-state index in [2.05, 4.69) is 21.2 Å². The number of aryl methyl sites for hydroxylation is 1. The van der Waals surface area contributed by atoms with E-state index in [4.69, 9.17) is 0 Å². The number of fused-ring (bicyclic) bond motifs is 1. The van der Waals surface area contributed by atoms with Gasteiger partial charge in [-0.25, -0.2) is 0 Å². The van der Waals surface area contributed by atoms with Crippen molar-refractivity contribution in [1.29, 1.82) is 0 Å². The number of benzene rings is 1. The smallest absolute Gasteiger partial charge is 0.233 e. The third-order valence-corrected chi connectivity index (χ3v) is 5.22. The number of likely N-dealkylation sites (tertiary alicyclic amines) is 1. The van der Waals surface area contributed by atoms with Crippen molar-refractivity contribution in [1.82, 2.24) is 4.90 Å². The summed E-state index contributed by atoms with van der Waals surface area (Å²) in [6, 6.07) is 5.65. The molecule has 0 bridgehead atoms. The molecule has 1 aromatic carbocycles. The van der Waals surface area contributed by atoms with Crippen LogP contribution >= 0.6 is 15.9 Å². The number of carbonyl (C=O) groups is 3. The van der Waals surface area contributed by atoms with Crippen molar-refractivity contribution >= 4 is 39.3 Å². The molecule has 1 saturated heterocycles. The first-order valence-corrected chi connectivity index (χ1v) is 8.83. The lowest BCUT2D eigenvalue weighted by atomic mass is 9.85. The standard InChI is InChI=1S/C18H19BrN2O3/c1-11-6-7-15(14(19)10-11)20-16(22)8-9-21-17(23)12-4-2-3-5-13(12)18(21)24/h2-3,6-7,10,12-13H,4-5,8-9H2,1H3,(H,20,22)/t12-,13-/m0/s1. The topological polar surface area (TPSA) is 66.5 Å². The lowest BCUT2D eigenvalue weighted by molar-refractivity contribution is -0.140. The fourth-order valence-electron chi connectivity index (χ4n) is 3.24. The van der Waals surface area contributed by atoms with Crippen LogP contribution in [0, 0.1) is 18.8 Å². The third-order valence-electron chi connectivity index (χ3n) is 4.56. The Morgan fingerprint density at radius 1 is 1.21 bits per heavy atom. The van der Waals surface area contributed by atoms with Crippen LogP contribution in [-0.2, 0) is 14.4 Å². The molecule has 6 heteroatoms. The molecule has 1 fully saturated rings. The van der Waals surface area contributed by atoms with Crippen molar-refractivity contribution in [3.05, 3.63) is 40.4 Å². The van der Waals surface area contributed by atoms with Gasteiger partial charge in [-0.05, 0) is 53.4 Å². The molecule has 3 rings (SSSR count). The van der Waals surface area contributed by atoms with Gasteiger partial charge in [0.15, 0.2) is 0 Å². The zero-order valence-corrected chi connectivity index (χ0v) is 15.0. The normalized spacial score (nSPS) is 22.7. The number of halogens is 1. The first-order valence-electron chi connectivity index (χ1n) is 8.03. The molecule has 126 valence electrons. The van der Waals surface area contributed by atoms with Crippen LogP contribution in [0.25, 0.3) is 0 Å². The molecule has 1 aromatic rings. The number of anilines is 1. The lowest BCUT2D eigenvalue weighted by Gasteiger charge is -2.15. The van der Waals surface area contributed by atoms with Gasteiger partial charge in [0.05, 0.1) is 17.5 Å². The summed E-state index contributed by atoms with van der Waals surface area (Å²) >= 11 is 3.41. The fraction of sp³-hybridized carbons (Fsp3) is 0.389. The van der Waals surface area contributed by atoms with Crippen LogP contribution in [0.1, 0.15) is 24.8 Å². The number of rotatable bonds is 4. The van der Waals surface area contributed by atoms with Gasteiger partial charge in [-0.15, -0.1) is 0 Å². The molecule has 1 aliphatic carbocycles. The van der Waals surface area contributed by atoms with Gasteiger partial charge in [-0.2, -0.15) is 0 Å². The average molecular weight is 391 g/mol. The number of nitrogens with one attached hydrogen (secondary N) is 1. The van der Waals surface area contributed by atoms with Crippen molar-refractivity contribution in [2.75, 3.05) is 11.9 Å². The van der Waals surface area contributed by atoms with E-state index in [1.54, 1.807) is 0 Å². The molecular formula is C18H19BrN2O3. The van der Waals surface area contributed by atoms with Crippen molar-refractivity contribution in [2.24, 2.45) is 11.8 Å². The van der Waals surface area contributed by atoms with Crippen molar-refractivity contribution in [3.63, 3.8) is 0 Å². The molecule has 1 aliphatic heterocycles. The number of carbonyl (C=O) groups excluding carboxylic acids is 3. The first-order chi connectivity index (χ1) is 11.5. The molecule has 0 aromatic heterocycles. The maximum Gasteiger partial charge on any atom is 0.233 e. The van der Waals surface area contributed by atoms with Crippen LogP contribution < -0.4 is 5.32 Å². The molecule has 0 radical (unpaired) electrons. The number of amides is 3. The number of hydrogen-bond donors (Lipinski definition) is 1. The number of nitrogens with zero attached hydrogens (tertiary/aromatic N) is 1. The molecule has 2 atom stereocenters. The van der Waals surface area contributed by atoms with Crippen LogP contribution in [0.5, 0.6) is 0 Å². The second-order valence-electron chi connectivity index (χ2n) is 6.27. The molecule has 0 unspecified atom stereocenters. The number of hydrogen-bond acceptors (Lipinski definition) is 3. The molecule has 3 amide bonds. The predicted molar refractivity (Wildman–Crippen MR) is 94.2 cm³/mol. The molecule has 2 aliphatic rings. The van der Waals surface area contributed by atoms with E-state index in [9.17, 15) is 14.4 Å². The van der Waals surface area contributed by atoms with E-state index >= 15 is 0 Å². The van der Waals surface area contributed by atoms with E-state index in [0.29, 0.717) is 18.5 Å². The highest BCUT2D eigenvalue weighted by molar-refractivity contribution is 9.10. The minimum Gasteiger partial charge on any atom is -0.325 e. The van der Waals surface area contributed by atoms with Gasteiger partial charge in [0.2, 0.25) is 17.7 Å². The Morgan fingerprint density at radius 2 is 1.83 bits per heavy atom. The van der Waals surface area contributed by atoms with Crippen LogP contribution in [0.2, 0.25) is 0 Å². The Hall–Kier alpha value is -1.95. The highest BCUT2D eigenvalue weighted by atomic mass is 79.9. The highest BCUT2D eigenvalue weighted by Crippen LogP contribution is 2.35. The van der Waals surface area contributed by atoms with E-state index in [-0.39, 0.29) is 42.5 Å². The summed E-state index contributed by atoms with van der Waals surface area (Å²) in [4.78, 5) is 38.1. The van der Waals surface area contributed by atoms with Gasteiger partial charge >= 0.3 is 0 Å². The summed E-state index contributed by atoms with van der Waals surface area (Å²) < 4.78 is 0.807. The molecule has 0 spiro atoms. The SMILES string of the molecule is Cc1ccc(NC(=O)CCN2C(=O)[C@H]3CC=CC[C@@H]3C2=O)c(Br)c1. The van der Waals surface area contributed by atoms with Gasteiger partial charge in [-0.1, -0.05) is 18.2 Å². The van der Waals surface area contributed by atoms with E-state index < -0.39 is 0 Å². The largest absolute Gasteiger partial charge is 0.325 e. The summed E-state index contributed by atoms with van der Waals surface area (Å²) in [5, 5.41) is 2.81. The second kappa shape index (κ2) is 6.89. The molecule has 24 heavy (non-hydrogen) atoms.